The summed E-state index contributed by atoms with van der Waals surface area (Å²) in [5.41, 5.74) is -0.0396. The second-order valence-electron chi connectivity index (χ2n) is 5.02. The molecule has 1 rings (SSSR count). The van der Waals surface area contributed by atoms with E-state index in [1.807, 2.05) is 14.0 Å². The Morgan fingerprint density at radius 1 is 1.35 bits per heavy atom. The van der Waals surface area contributed by atoms with E-state index < -0.39 is 0 Å². The van der Waals surface area contributed by atoms with Crippen molar-refractivity contribution in [2.75, 3.05) is 20.8 Å². The summed E-state index contributed by atoms with van der Waals surface area (Å²) in [5, 5.41) is 3.32. The molecule has 1 unspecified atom stereocenters. The van der Waals surface area contributed by atoms with Crippen molar-refractivity contribution in [2.24, 2.45) is 0 Å². The van der Waals surface area contributed by atoms with Crippen LogP contribution >= 0.6 is 0 Å². The van der Waals surface area contributed by atoms with Gasteiger partial charge < -0.3 is 14.8 Å². The van der Waals surface area contributed by atoms with E-state index in [4.69, 9.17) is 9.47 Å². The number of hydrogen-bond acceptors (Lipinski definition) is 4. The minimum absolute atomic E-state index is 0.0396. The highest BCUT2D eigenvalue weighted by atomic mass is 16.6. The molecule has 0 saturated heterocycles. The SMILES string of the molecule is CNC1(CC(=O)OC(C)COC)CCCCC1. The number of rotatable bonds is 6. The highest BCUT2D eigenvalue weighted by Crippen LogP contribution is 2.31. The Morgan fingerprint density at radius 3 is 2.53 bits per heavy atom. The van der Waals surface area contributed by atoms with E-state index in [0.717, 1.165) is 12.8 Å². The lowest BCUT2D eigenvalue weighted by Crippen LogP contribution is -2.46. The Hall–Kier alpha value is -0.610. The van der Waals surface area contributed by atoms with Gasteiger partial charge in [0.05, 0.1) is 13.0 Å². The number of esters is 1. The number of ether oxygens (including phenoxy) is 2. The molecule has 0 aromatic rings. The largest absolute Gasteiger partial charge is 0.460 e. The molecule has 0 spiro atoms. The minimum atomic E-state index is -0.162. The van der Waals surface area contributed by atoms with E-state index >= 15 is 0 Å². The van der Waals surface area contributed by atoms with Crippen LogP contribution in [0.15, 0.2) is 0 Å². The molecule has 0 radical (unpaired) electrons. The topological polar surface area (TPSA) is 47.6 Å². The normalized spacial score (nSPS) is 20.9. The van der Waals surface area contributed by atoms with Crippen molar-refractivity contribution in [3.05, 3.63) is 0 Å². The monoisotopic (exact) mass is 243 g/mol. The molecule has 4 nitrogen and oxygen atoms in total. The molecule has 0 aromatic carbocycles. The van der Waals surface area contributed by atoms with Crippen LogP contribution in [0.1, 0.15) is 45.4 Å². The lowest BCUT2D eigenvalue weighted by molar-refractivity contribution is -0.152. The quantitative estimate of drug-likeness (QED) is 0.724. The van der Waals surface area contributed by atoms with Gasteiger partial charge in [0, 0.05) is 12.6 Å². The van der Waals surface area contributed by atoms with Crippen molar-refractivity contribution in [1.82, 2.24) is 5.32 Å². The standard InChI is InChI=1S/C13H25NO3/c1-11(10-16-3)17-12(15)9-13(14-2)7-5-4-6-8-13/h11,14H,4-10H2,1-3H3. The van der Waals surface area contributed by atoms with Crippen LogP contribution in [0.25, 0.3) is 0 Å². The first-order valence-electron chi connectivity index (χ1n) is 6.49. The average molecular weight is 243 g/mol. The Balaban J connectivity index is 2.41. The predicted molar refractivity (Wildman–Crippen MR) is 66.9 cm³/mol. The average Bonchev–Trinajstić information content (AvgIpc) is 2.30. The Kier molecular flexibility index (Phi) is 5.92. The zero-order valence-corrected chi connectivity index (χ0v) is 11.3. The molecule has 1 aliphatic carbocycles. The molecule has 4 heteroatoms. The first-order chi connectivity index (χ1) is 8.12. The zero-order chi connectivity index (χ0) is 12.7. The van der Waals surface area contributed by atoms with Crippen LogP contribution in [0.2, 0.25) is 0 Å². The number of methoxy groups -OCH3 is 1. The van der Waals surface area contributed by atoms with Crippen LogP contribution in [0.4, 0.5) is 0 Å². The molecule has 0 aromatic heterocycles. The fourth-order valence-corrected chi connectivity index (χ4v) is 2.55. The van der Waals surface area contributed by atoms with Crippen molar-refractivity contribution in [2.45, 2.75) is 57.1 Å². The van der Waals surface area contributed by atoms with Gasteiger partial charge >= 0.3 is 5.97 Å². The second-order valence-corrected chi connectivity index (χ2v) is 5.02. The molecule has 1 fully saturated rings. The molecule has 1 aliphatic rings. The highest BCUT2D eigenvalue weighted by Gasteiger charge is 2.33. The van der Waals surface area contributed by atoms with Gasteiger partial charge in [-0.2, -0.15) is 0 Å². The first-order valence-corrected chi connectivity index (χ1v) is 6.49. The molecule has 0 amide bonds. The number of carbonyl (C=O) groups excluding carboxylic acids is 1. The van der Waals surface area contributed by atoms with Gasteiger partial charge in [-0.1, -0.05) is 19.3 Å². The Labute approximate surface area is 104 Å². The molecule has 1 saturated carbocycles. The third-order valence-corrected chi connectivity index (χ3v) is 3.56. The van der Waals surface area contributed by atoms with E-state index in [2.05, 4.69) is 5.32 Å². The van der Waals surface area contributed by atoms with Crippen LogP contribution in [-0.4, -0.2) is 38.4 Å². The summed E-state index contributed by atoms with van der Waals surface area (Å²) in [4.78, 5) is 11.8. The Morgan fingerprint density at radius 2 is 2.00 bits per heavy atom. The zero-order valence-electron chi connectivity index (χ0n) is 11.3. The van der Waals surface area contributed by atoms with E-state index in [9.17, 15) is 4.79 Å². The lowest BCUT2D eigenvalue weighted by Gasteiger charge is -2.36. The third-order valence-electron chi connectivity index (χ3n) is 3.56. The molecule has 17 heavy (non-hydrogen) atoms. The maximum atomic E-state index is 11.8. The van der Waals surface area contributed by atoms with E-state index in [0.29, 0.717) is 13.0 Å². The van der Waals surface area contributed by atoms with Crippen LogP contribution in [0.3, 0.4) is 0 Å². The summed E-state index contributed by atoms with van der Waals surface area (Å²) < 4.78 is 10.3. The van der Waals surface area contributed by atoms with E-state index in [1.165, 1.54) is 19.3 Å². The first kappa shape index (κ1) is 14.5. The summed E-state index contributed by atoms with van der Waals surface area (Å²) in [6, 6.07) is 0. The molecule has 0 aliphatic heterocycles. The maximum Gasteiger partial charge on any atom is 0.308 e. The van der Waals surface area contributed by atoms with Gasteiger partial charge in [0.1, 0.15) is 6.10 Å². The van der Waals surface area contributed by atoms with Gasteiger partial charge in [0.25, 0.3) is 0 Å². The number of hydrogen-bond donors (Lipinski definition) is 1. The minimum Gasteiger partial charge on any atom is -0.460 e. The summed E-state index contributed by atoms with van der Waals surface area (Å²) in [6.07, 6.45) is 6.11. The van der Waals surface area contributed by atoms with Crippen molar-refractivity contribution in [3.63, 3.8) is 0 Å². The molecular formula is C13H25NO3. The molecule has 1 N–H and O–H groups in total. The van der Waals surface area contributed by atoms with Crippen LogP contribution in [-0.2, 0) is 14.3 Å². The smallest absolute Gasteiger partial charge is 0.308 e. The van der Waals surface area contributed by atoms with Gasteiger partial charge in [0.2, 0.25) is 0 Å². The van der Waals surface area contributed by atoms with E-state index in [-0.39, 0.29) is 17.6 Å². The predicted octanol–water partition coefficient (Wildman–Crippen LogP) is 1.88. The summed E-state index contributed by atoms with van der Waals surface area (Å²) in [7, 11) is 3.55. The number of nitrogens with one attached hydrogen (secondary N) is 1. The van der Waals surface area contributed by atoms with Crippen molar-refractivity contribution in [3.8, 4) is 0 Å². The maximum absolute atomic E-state index is 11.8. The lowest BCUT2D eigenvalue weighted by atomic mass is 9.79. The molecule has 100 valence electrons. The van der Waals surface area contributed by atoms with Crippen LogP contribution < -0.4 is 5.32 Å². The van der Waals surface area contributed by atoms with Crippen molar-refractivity contribution in [1.29, 1.82) is 0 Å². The Bertz CT molecular complexity index is 237. The van der Waals surface area contributed by atoms with Crippen molar-refractivity contribution < 1.29 is 14.3 Å². The summed E-state index contributed by atoms with van der Waals surface area (Å²) in [6.45, 7) is 2.31. The fraction of sp³-hybridized carbons (Fsp3) is 0.923. The molecular weight excluding hydrogens is 218 g/mol. The van der Waals surface area contributed by atoms with Gasteiger partial charge in [-0.3, -0.25) is 4.79 Å². The van der Waals surface area contributed by atoms with E-state index in [1.54, 1.807) is 7.11 Å². The third kappa shape index (κ3) is 4.64. The second kappa shape index (κ2) is 6.97. The van der Waals surface area contributed by atoms with Crippen LogP contribution in [0, 0.1) is 0 Å². The summed E-state index contributed by atoms with van der Waals surface area (Å²) >= 11 is 0. The number of carbonyl (C=O) groups is 1. The molecule has 1 atom stereocenters. The fourth-order valence-electron chi connectivity index (χ4n) is 2.55. The van der Waals surface area contributed by atoms with Gasteiger partial charge in [-0.25, -0.2) is 0 Å². The van der Waals surface area contributed by atoms with Crippen LogP contribution in [0.5, 0.6) is 0 Å². The summed E-state index contributed by atoms with van der Waals surface area (Å²) in [5.74, 6) is -0.120. The molecule has 0 bridgehead atoms. The van der Waals surface area contributed by atoms with Gasteiger partial charge in [-0.05, 0) is 26.8 Å². The highest BCUT2D eigenvalue weighted by molar-refractivity contribution is 5.71. The van der Waals surface area contributed by atoms with Gasteiger partial charge in [0.15, 0.2) is 0 Å². The van der Waals surface area contributed by atoms with Gasteiger partial charge in [-0.15, -0.1) is 0 Å². The molecule has 0 heterocycles. The van der Waals surface area contributed by atoms with Crippen molar-refractivity contribution >= 4 is 5.97 Å².